The number of aromatic nitrogens is 2. The Kier molecular flexibility index (Phi) is 3.79. The van der Waals surface area contributed by atoms with Crippen molar-refractivity contribution in [3.63, 3.8) is 0 Å². The van der Waals surface area contributed by atoms with E-state index in [0.29, 0.717) is 12.2 Å². The van der Waals surface area contributed by atoms with Gasteiger partial charge in [-0.1, -0.05) is 20.8 Å². The predicted octanol–water partition coefficient (Wildman–Crippen LogP) is 1.97. The molecule has 0 saturated carbocycles. The van der Waals surface area contributed by atoms with Crippen LogP contribution in [0.15, 0.2) is 0 Å². The molecule has 0 aromatic carbocycles. The first-order valence-corrected chi connectivity index (χ1v) is 10.3. The Hall–Kier alpha value is -1.02. The third-order valence-electron chi connectivity index (χ3n) is 4.04. The minimum Gasteiger partial charge on any atom is -0.310 e. The first-order chi connectivity index (χ1) is 10.2. The Morgan fingerprint density at radius 3 is 2.68 bits per heavy atom. The Labute approximate surface area is 135 Å². The minimum absolute atomic E-state index is 0.0748. The average Bonchev–Trinajstić information content (AvgIpc) is 3.04. The van der Waals surface area contributed by atoms with Gasteiger partial charge in [-0.05, 0) is 6.42 Å². The van der Waals surface area contributed by atoms with Gasteiger partial charge in [-0.25, -0.2) is 13.1 Å². The Morgan fingerprint density at radius 1 is 1.36 bits per heavy atom. The summed E-state index contributed by atoms with van der Waals surface area (Å²) in [5.41, 5.74) is 1.51. The normalized spacial score (nSPS) is 23.5. The van der Waals surface area contributed by atoms with E-state index in [9.17, 15) is 13.2 Å². The summed E-state index contributed by atoms with van der Waals surface area (Å²) in [4.78, 5) is 12.3. The van der Waals surface area contributed by atoms with Crippen molar-refractivity contribution in [3.05, 3.63) is 11.3 Å². The molecular formula is C14H21N3O3S2. The van der Waals surface area contributed by atoms with Crippen LogP contribution in [0.1, 0.15) is 44.5 Å². The highest BCUT2D eigenvalue weighted by atomic mass is 32.2. The highest BCUT2D eigenvalue weighted by molar-refractivity contribution is 7.98. The number of thioether (sulfide) groups is 1. The summed E-state index contributed by atoms with van der Waals surface area (Å²) in [5.74, 6) is 2.56. The van der Waals surface area contributed by atoms with E-state index in [2.05, 4.69) is 10.4 Å². The molecule has 0 radical (unpaired) electrons. The molecule has 1 unspecified atom stereocenters. The van der Waals surface area contributed by atoms with Gasteiger partial charge in [0.25, 0.3) is 0 Å². The summed E-state index contributed by atoms with van der Waals surface area (Å²) in [5, 5.41) is 7.58. The van der Waals surface area contributed by atoms with E-state index < -0.39 is 15.3 Å². The molecule has 1 fully saturated rings. The summed E-state index contributed by atoms with van der Waals surface area (Å²) < 4.78 is 25.2. The molecule has 1 saturated heterocycles. The van der Waals surface area contributed by atoms with Crippen molar-refractivity contribution >= 4 is 33.3 Å². The second-order valence-corrected chi connectivity index (χ2v) is 10.2. The average molecular weight is 343 g/mol. The molecule has 1 N–H and O–H groups in total. The number of carbonyl (C=O) groups is 1. The molecule has 2 aliphatic rings. The number of rotatable bonds is 2. The maximum Gasteiger partial charge on any atom is 0.230 e. The van der Waals surface area contributed by atoms with E-state index in [1.807, 2.05) is 20.8 Å². The highest BCUT2D eigenvalue weighted by Gasteiger charge is 2.35. The molecule has 2 aliphatic heterocycles. The highest BCUT2D eigenvalue weighted by Crippen LogP contribution is 2.38. The van der Waals surface area contributed by atoms with Crippen LogP contribution in [0, 0.1) is 5.41 Å². The molecule has 1 aromatic heterocycles. The lowest BCUT2D eigenvalue weighted by atomic mass is 9.95. The number of hydrogen-bond donors (Lipinski definition) is 1. The molecule has 1 atom stereocenters. The third kappa shape index (κ3) is 2.90. The fourth-order valence-electron chi connectivity index (χ4n) is 2.69. The first-order valence-electron chi connectivity index (χ1n) is 7.37. The van der Waals surface area contributed by atoms with Crippen LogP contribution in [0.5, 0.6) is 0 Å². The zero-order chi connectivity index (χ0) is 16.1. The number of fused-ring (bicyclic) bond motifs is 1. The van der Waals surface area contributed by atoms with Crippen molar-refractivity contribution in [1.29, 1.82) is 0 Å². The zero-order valence-corrected chi connectivity index (χ0v) is 14.7. The largest absolute Gasteiger partial charge is 0.310 e. The van der Waals surface area contributed by atoms with Gasteiger partial charge in [0.1, 0.15) is 5.82 Å². The Morgan fingerprint density at radius 2 is 2.09 bits per heavy atom. The van der Waals surface area contributed by atoms with E-state index in [1.165, 1.54) is 0 Å². The van der Waals surface area contributed by atoms with Crippen molar-refractivity contribution in [1.82, 2.24) is 9.78 Å². The predicted molar refractivity (Wildman–Crippen MR) is 87.6 cm³/mol. The van der Waals surface area contributed by atoms with E-state index in [1.54, 1.807) is 16.4 Å². The Bertz CT molecular complexity index is 716. The summed E-state index contributed by atoms with van der Waals surface area (Å²) >= 11 is 1.76. The molecule has 1 aromatic rings. The van der Waals surface area contributed by atoms with Crippen molar-refractivity contribution < 1.29 is 13.2 Å². The molecular weight excluding hydrogens is 322 g/mol. The molecule has 0 spiro atoms. The van der Waals surface area contributed by atoms with Gasteiger partial charge < -0.3 is 5.32 Å². The van der Waals surface area contributed by atoms with Gasteiger partial charge in [-0.3, -0.25) is 4.79 Å². The lowest BCUT2D eigenvalue weighted by Gasteiger charge is -2.20. The fraction of sp³-hybridized carbons (Fsp3) is 0.714. The quantitative estimate of drug-likeness (QED) is 0.888. The van der Waals surface area contributed by atoms with Gasteiger partial charge in [0, 0.05) is 22.5 Å². The van der Waals surface area contributed by atoms with Crippen molar-refractivity contribution in [3.8, 4) is 0 Å². The topological polar surface area (TPSA) is 81.1 Å². The lowest BCUT2D eigenvalue weighted by molar-refractivity contribution is -0.123. The Balaban J connectivity index is 1.96. The van der Waals surface area contributed by atoms with Crippen LogP contribution in [0.2, 0.25) is 0 Å². The number of sulfone groups is 1. The van der Waals surface area contributed by atoms with E-state index in [4.69, 9.17) is 0 Å². The molecule has 3 rings (SSSR count). The smallest absolute Gasteiger partial charge is 0.230 e. The molecule has 1 amide bonds. The van der Waals surface area contributed by atoms with E-state index in [0.717, 1.165) is 22.8 Å². The number of hydrogen-bond acceptors (Lipinski definition) is 5. The number of nitrogens with one attached hydrogen (secondary N) is 1. The van der Waals surface area contributed by atoms with Crippen molar-refractivity contribution in [2.45, 2.75) is 44.7 Å². The molecule has 3 heterocycles. The molecule has 6 nitrogen and oxygen atoms in total. The zero-order valence-electron chi connectivity index (χ0n) is 13.0. The van der Waals surface area contributed by atoms with E-state index >= 15 is 0 Å². The van der Waals surface area contributed by atoms with Gasteiger partial charge in [-0.15, -0.1) is 0 Å². The molecule has 122 valence electrons. The first kappa shape index (κ1) is 15.9. The van der Waals surface area contributed by atoms with Crippen LogP contribution >= 0.6 is 11.8 Å². The molecule has 0 aliphatic carbocycles. The SMILES string of the molecule is CC(C)(C)C(=O)Nc1c2c(nn1C1CCS(=O)(=O)C1)CSC2. The number of nitrogens with zero attached hydrogens (tertiary/aromatic N) is 2. The second kappa shape index (κ2) is 5.26. The van der Waals surface area contributed by atoms with Gasteiger partial charge in [0.2, 0.25) is 5.91 Å². The molecule has 22 heavy (non-hydrogen) atoms. The van der Waals surface area contributed by atoms with Crippen LogP contribution in [0.25, 0.3) is 0 Å². The lowest BCUT2D eigenvalue weighted by Crippen LogP contribution is -2.30. The van der Waals surface area contributed by atoms with Crippen molar-refractivity contribution in [2.24, 2.45) is 5.41 Å². The summed E-state index contributed by atoms with van der Waals surface area (Å²) in [6.45, 7) is 5.58. The van der Waals surface area contributed by atoms with Crippen molar-refractivity contribution in [2.75, 3.05) is 16.8 Å². The van der Waals surface area contributed by atoms with Crippen LogP contribution < -0.4 is 5.32 Å². The van der Waals surface area contributed by atoms with Gasteiger partial charge >= 0.3 is 0 Å². The maximum atomic E-state index is 12.3. The second-order valence-electron chi connectivity index (χ2n) is 6.97. The van der Waals surface area contributed by atoms with Crippen LogP contribution in [-0.2, 0) is 26.1 Å². The maximum absolute atomic E-state index is 12.3. The monoisotopic (exact) mass is 343 g/mol. The van der Waals surface area contributed by atoms with Gasteiger partial charge in [0.05, 0.1) is 23.2 Å². The summed E-state index contributed by atoms with van der Waals surface area (Å²) in [7, 11) is -2.99. The van der Waals surface area contributed by atoms with Crippen LogP contribution in [0.4, 0.5) is 5.82 Å². The van der Waals surface area contributed by atoms with Crippen LogP contribution in [-0.4, -0.2) is 35.6 Å². The summed E-state index contributed by atoms with van der Waals surface area (Å²) in [6.07, 6.45) is 0.564. The van der Waals surface area contributed by atoms with Gasteiger partial charge in [0.15, 0.2) is 9.84 Å². The van der Waals surface area contributed by atoms with E-state index in [-0.39, 0.29) is 23.5 Å². The standard InChI is InChI=1S/C14H21N3O3S2/c1-14(2,3)13(18)15-12-10-6-21-7-11(10)16-17(12)9-4-5-22(19,20)8-9/h9H,4-8H2,1-3H3,(H,15,18). The number of anilines is 1. The third-order valence-corrected chi connectivity index (χ3v) is 6.77. The number of carbonyl (C=O) groups excluding carboxylic acids is 1. The van der Waals surface area contributed by atoms with Crippen LogP contribution in [0.3, 0.4) is 0 Å². The minimum atomic E-state index is -2.99. The summed E-state index contributed by atoms with van der Waals surface area (Å²) in [6, 6.07) is -0.170. The number of amides is 1. The van der Waals surface area contributed by atoms with Gasteiger partial charge in [-0.2, -0.15) is 16.9 Å². The molecule has 8 heteroatoms. The molecule has 0 bridgehead atoms. The fourth-order valence-corrected chi connectivity index (χ4v) is 5.42.